The lowest BCUT2D eigenvalue weighted by Gasteiger charge is -2.66. The molecule has 0 aromatic heterocycles. The van der Waals surface area contributed by atoms with Gasteiger partial charge < -0.3 is 20.3 Å². The van der Waals surface area contributed by atoms with Crippen LogP contribution in [-0.2, 0) is 16.6 Å². The van der Waals surface area contributed by atoms with E-state index in [9.17, 15) is 15.1 Å². The number of phenols is 1. The molecule has 1 aromatic rings. The van der Waals surface area contributed by atoms with Gasteiger partial charge in [-0.15, -0.1) is 0 Å². The highest BCUT2D eigenvalue weighted by atomic mass is 16.5. The summed E-state index contributed by atoms with van der Waals surface area (Å²) in [4.78, 5) is 18.6. The summed E-state index contributed by atoms with van der Waals surface area (Å²) in [5.41, 5.74) is 3.48. The van der Waals surface area contributed by atoms with Gasteiger partial charge in [0, 0.05) is 36.7 Å². The van der Waals surface area contributed by atoms with Crippen LogP contribution in [-0.4, -0.2) is 59.1 Å². The number of carbonyl (C=O) groups is 1. The van der Waals surface area contributed by atoms with Crippen LogP contribution in [0.15, 0.2) is 42.1 Å². The predicted molar refractivity (Wildman–Crippen MR) is 131 cm³/mol. The van der Waals surface area contributed by atoms with Gasteiger partial charge in [-0.25, -0.2) is 0 Å². The van der Waals surface area contributed by atoms with E-state index in [0.29, 0.717) is 35.9 Å². The molecule has 0 spiro atoms. The van der Waals surface area contributed by atoms with Crippen LogP contribution in [0.5, 0.6) is 5.75 Å². The number of aromatic hydroxyl groups is 1. The summed E-state index contributed by atoms with van der Waals surface area (Å²) < 4.78 is 0. The van der Waals surface area contributed by atoms with Gasteiger partial charge in [0.1, 0.15) is 12.3 Å². The molecule has 2 N–H and O–H groups in total. The van der Waals surface area contributed by atoms with Crippen molar-refractivity contribution in [3.8, 4) is 5.75 Å². The number of allylic oxidation sites excluding steroid dienone is 2. The first kappa shape index (κ1) is 21.0. The molecular formula is C29H35N3O3. The number of likely N-dealkylation sites (tertiary alicyclic amines) is 2. The van der Waals surface area contributed by atoms with Crippen molar-refractivity contribution in [2.24, 2.45) is 23.2 Å². The molecule has 184 valence electrons. The number of hydroxylamine groups is 2. The minimum Gasteiger partial charge on any atom is -0.628 e. The van der Waals surface area contributed by atoms with E-state index in [1.165, 1.54) is 36.9 Å². The van der Waals surface area contributed by atoms with Crippen LogP contribution in [0.4, 0.5) is 0 Å². The first-order chi connectivity index (χ1) is 17.0. The number of carbonyl (C=O) groups excluding carboxylic acids is 1. The van der Waals surface area contributed by atoms with Crippen LogP contribution in [0.25, 0.3) is 0 Å². The van der Waals surface area contributed by atoms with E-state index in [0.717, 1.165) is 44.7 Å². The van der Waals surface area contributed by atoms with Gasteiger partial charge in [0.05, 0.1) is 0 Å². The highest BCUT2D eigenvalue weighted by Crippen LogP contribution is 2.75. The number of fused-ring (bicyclic) bond motifs is 1. The summed E-state index contributed by atoms with van der Waals surface area (Å²) in [5, 5.41) is 23.1. The largest absolute Gasteiger partial charge is 0.628 e. The molecule has 5 fully saturated rings. The number of benzene rings is 1. The lowest BCUT2D eigenvalue weighted by Crippen LogP contribution is -3.06. The second-order valence-electron chi connectivity index (χ2n) is 12.6. The third-order valence-corrected chi connectivity index (χ3v) is 11.3. The minimum absolute atomic E-state index is 0.0392. The third kappa shape index (κ3) is 2.58. The van der Waals surface area contributed by atoms with E-state index < -0.39 is 0 Å². The molecule has 2 saturated heterocycles. The zero-order valence-electron chi connectivity index (χ0n) is 20.3. The smallest absolute Gasteiger partial charge is 0.308 e. The van der Waals surface area contributed by atoms with Crippen molar-refractivity contribution in [3.05, 3.63) is 58.5 Å². The second kappa shape index (κ2) is 6.99. The third-order valence-electron chi connectivity index (χ3n) is 11.3. The van der Waals surface area contributed by atoms with Crippen molar-refractivity contribution >= 4 is 5.91 Å². The van der Waals surface area contributed by atoms with Gasteiger partial charge in [0.25, 0.3) is 0 Å². The van der Waals surface area contributed by atoms with Gasteiger partial charge in [0.15, 0.2) is 5.70 Å². The molecule has 1 aromatic carbocycles. The predicted octanol–water partition coefficient (Wildman–Crippen LogP) is 2.13. The van der Waals surface area contributed by atoms with E-state index in [1.807, 2.05) is 18.2 Å². The highest BCUT2D eigenvalue weighted by molar-refractivity contribution is 5.92. The number of amides is 1. The Balaban J connectivity index is 1.23. The standard InChI is InChI=1S/C29H35N3O3/c33-21-7-6-19-13-25-28-9-8-23-26(29(28,22(19)14-21)10-12-30(25)16-18-4-5-18)20(15-28)17-31(23)27(34)24-3-1-2-11-32(24)35/h1-3,6-7,14,18,20,23,25-26,32-33H,4-5,8-13,15-17H2/t20-,23?,25?,26?,28?,29?/m1/s1. The zero-order chi connectivity index (χ0) is 23.5. The van der Waals surface area contributed by atoms with Crippen LogP contribution < -0.4 is 5.06 Å². The van der Waals surface area contributed by atoms with Crippen LogP contribution in [0.2, 0.25) is 0 Å². The van der Waals surface area contributed by atoms with E-state index in [-0.39, 0.29) is 27.8 Å². The maximum absolute atomic E-state index is 13.7. The Bertz CT molecular complexity index is 1170. The number of nitrogens with one attached hydrogen (secondary N) is 1. The first-order valence-electron chi connectivity index (χ1n) is 13.8. The molecule has 0 radical (unpaired) electrons. The zero-order valence-corrected chi connectivity index (χ0v) is 20.3. The molecule has 3 aliphatic heterocycles. The van der Waals surface area contributed by atoms with Crippen molar-refractivity contribution in [2.45, 2.75) is 62.4 Å². The summed E-state index contributed by atoms with van der Waals surface area (Å²) in [6.45, 7) is 3.51. The van der Waals surface area contributed by atoms with Crippen molar-refractivity contribution in [3.63, 3.8) is 0 Å². The number of nitrogens with zero attached hydrogens (tertiary/aromatic N) is 2. The van der Waals surface area contributed by atoms with Gasteiger partial charge in [-0.2, -0.15) is 0 Å². The van der Waals surface area contributed by atoms with Crippen LogP contribution in [0.1, 0.15) is 49.7 Å². The Morgan fingerprint density at radius 2 is 2.11 bits per heavy atom. The summed E-state index contributed by atoms with van der Waals surface area (Å²) in [5.74, 6) is 2.14. The maximum Gasteiger partial charge on any atom is 0.308 e. The van der Waals surface area contributed by atoms with Gasteiger partial charge >= 0.3 is 5.91 Å². The summed E-state index contributed by atoms with van der Waals surface area (Å²) in [7, 11) is 0. The number of phenolic OH excluding ortho intramolecular Hbond substituents is 1. The summed E-state index contributed by atoms with van der Waals surface area (Å²) >= 11 is 0. The summed E-state index contributed by atoms with van der Waals surface area (Å²) in [6.07, 6.45) is 13.8. The molecular weight excluding hydrogens is 438 g/mol. The maximum atomic E-state index is 13.7. The monoisotopic (exact) mass is 473 g/mol. The van der Waals surface area contributed by atoms with Gasteiger partial charge in [-0.1, -0.05) is 12.1 Å². The quantitative estimate of drug-likeness (QED) is 0.660. The van der Waals surface area contributed by atoms with E-state index in [4.69, 9.17) is 0 Å². The highest BCUT2D eigenvalue weighted by Gasteiger charge is 2.76. The topological polar surface area (TPSA) is 71.3 Å². The molecule has 7 aliphatic rings. The Morgan fingerprint density at radius 1 is 1.23 bits per heavy atom. The first-order valence-corrected chi connectivity index (χ1v) is 13.8. The molecule has 6 unspecified atom stereocenters. The second-order valence-corrected chi connectivity index (χ2v) is 12.6. The lowest BCUT2D eigenvalue weighted by molar-refractivity contribution is -0.795. The van der Waals surface area contributed by atoms with E-state index in [1.54, 1.807) is 6.08 Å². The van der Waals surface area contributed by atoms with E-state index in [2.05, 4.69) is 21.9 Å². The normalized spacial score (nSPS) is 43.1. The molecule has 6 nitrogen and oxygen atoms in total. The van der Waals surface area contributed by atoms with Gasteiger partial charge in [-0.05, 0) is 104 Å². The van der Waals surface area contributed by atoms with Crippen LogP contribution in [0.3, 0.4) is 0 Å². The summed E-state index contributed by atoms with van der Waals surface area (Å²) in [6, 6.07) is 6.93. The number of rotatable bonds is 3. The van der Waals surface area contributed by atoms with Crippen molar-refractivity contribution < 1.29 is 15.0 Å². The molecule has 8 rings (SSSR count). The van der Waals surface area contributed by atoms with Gasteiger partial charge in [0.2, 0.25) is 0 Å². The molecule has 7 atom stereocenters. The average molecular weight is 474 g/mol. The van der Waals surface area contributed by atoms with Crippen LogP contribution >= 0.6 is 0 Å². The molecule has 3 heterocycles. The number of hydrogen-bond donors (Lipinski definition) is 2. The van der Waals surface area contributed by atoms with Crippen molar-refractivity contribution in [1.82, 2.24) is 9.80 Å². The number of quaternary nitrogens is 1. The molecule has 6 heteroatoms. The molecule has 4 aliphatic carbocycles. The minimum atomic E-state index is -0.0442. The van der Waals surface area contributed by atoms with Crippen molar-refractivity contribution in [1.29, 1.82) is 0 Å². The fourth-order valence-corrected chi connectivity index (χ4v) is 10.1. The number of hydrogen-bond acceptors (Lipinski definition) is 4. The Kier molecular flexibility index (Phi) is 4.19. The Hall–Kier alpha value is -2.15. The van der Waals surface area contributed by atoms with Crippen LogP contribution in [0, 0.1) is 28.4 Å². The SMILES string of the molecule is O=C(C1=CC=CC[NH+]1[O-])N1C[C@H]2CC34CCC1C2C31CCN(CC2CC2)C4Cc2ccc(O)cc21. The fourth-order valence-electron chi connectivity index (χ4n) is 10.1. The van der Waals surface area contributed by atoms with Crippen molar-refractivity contribution in [2.75, 3.05) is 26.2 Å². The van der Waals surface area contributed by atoms with Gasteiger partial charge in [-0.3, -0.25) is 9.69 Å². The number of piperidine rings is 1. The lowest BCUT2D eigenvalue weighted by atomic mass is 9.43. The fraction of sp³-hybridized carbons (Fsp3) is 0.621. The Morgan fingerprint density at radius 3 is 2.94 bits per heavy atom. The average Bonchev–Trinajstić information content (AvgIpc) is 3.54. The molecule has 35 heavy (non-hydrogen) atoms. The van der Waals surface area contributed by atoms with E-state index >= 15 is 0 Å². The molecule has 1 amide bonds. The Labute approximate surface area is 206 Å². The molecule has 4 bridgehead atoms. The molecule has 3 saturated carbocycles.